The largest absolute Gasteiger partial charge is 0.416 e. The van der Waals surface area contributed by atoms with Gasteiger partial charge in [-0.1, -0.05) is 12.1 Å². The number of benzene rings is 1. The molecule has 3 fully saturated rings. The molecule has 1 saturated heterocycles. The van der Waals surface area contributed by atoms with Crippen molar-refractivity contribution in [1.82, 2.24) is 20.5 Å². The molecule has 2 aliphatic carbocycles. The molecule has 10 heteroatoms. The average molecular weight is 503 g/mol. The van der Waals surface area contributed by atoms with E-state index in [4.69, 9.17) is 0 Å². The van der Waals surface area contributed by atoms with Crippen LogP contribution in [0, 0.1) is 11.8 Å². The molecular weight excluding hydrogens is 473 g/mol. The molecule has 36 heavy (non-hydrogen) atoms. The molecule has 1 aliphatic heterocycles. The molecule has 5 rings (SSSR count). The van der Waals surface area contributed by atoms with Gasteiger partial charge in [-0.2, -0.15) is 13.2 Å². The van der Waals surface area contributed by atoms with Crippen LogP contribution < -0.4 is 10.6 Å². The Morgan fingerprint density at radius 3 is 2.72 bits per heavy atom. The third kappa shape index (κ3) is 4.71. The van der Waals surface area contributed by atoms with Crippen LogP contribution in [0.15, 0.2) is 48.8 Å². The lowest BCUT2D eigenvalue weighted by atomic mass is 9.77. The Morgan fingerprint density at radius 2 is 2.03 bits per heavy atom. The maximum absolute atomic E-state index is 12.9. The summed E-state index contributed by atoms with van der Waals surface area (Å²) < 4.78 is 38.7. The molecule has 2 heterocycles. The number of carbonyl (C=O) groups is 2. The lowest BCUT2D eigenvalue weighted by molar-refractivity contribution is -0.137. The highest BCUT2D eigenvalue weighted by atomic mass is 19.4. The summed E-state index contributed by atoms with van der Waals surface area (Å²) in [7, 11) is 0. The summed E-state index contributed by atoms with van der Waals surface area (Å²) in [6.07, 6.45) is 2.88. The predicted octanol–water partition coefficient (Wildman–Crippen LogP) is 3.05. The van der Waals surface area contributed by atoms with Crippen LogP contribution in [0.5, 0.6) is 0 Å². The summed E-state index contributed by atoms with van der Waals surface area (Å²) in [4.78, 5) is 31.4. The number of aliphatic hydroxyl groups is 1. The van der Waals surface area contributed by atoms with Crippen LogP contribution in [-0.4, -0.2) is 52.1 Å². The number of nitrogens with zero attached hydrogens (tertiary/aromatic N) is 2. The number of likely N-dealkylation sites (tertiary alicyclic amines) is 1. The van der Waals surface area contributed by atoms with Crippen LogP contribution >= 0.6 is 0 Å². The molecule has 7 nitrogen and oxygen atoms in total. The van der Waals surface area contributed by atoms with E-state index < -0.39 is 23.2 Å². The average Bonchev–Trinajstić information content (AvgIpc) is 3.57. The van der Waals surface area contributed by atoms with Gasteiger partial charge in [-0.3, -0.25) is 19.5 Å². The second-order valence-electron chi connectivity index (χ2n) is 10.1. The van der Waals surface area contributed by atoms with Crippen molar-refractivity contribution in [2.75, 3.05) is 13.1 Å². The number of carbonyl (C=O) groups excluding carboxylic acids is 2. The van der Waals surface area contributed by atoms with E-state index >= 15 is 0 Å². The van der Waals surface area contributed by atoms with Crippen LogP contribution in [-0.2, 0) is 16.6 Å². The molecule has 192 valence electrons. The topological polar surface area (TPSA) is 94.6 Å². The van der Waals surface area contributed by atoms with Gasteiger partial charge < -0.3 is 15.7 Å². The Hall–Kier alpha value is -2.98. The molecule has 2 aromatic rings. The van der Waals surface area contributed by atoms with Crippen LogP contribution in [0.4, 0.5) is 13.2 Å². The highest BCUT2D eigenvalue weighted by molar-refractivity contribution is 5.96. The maximum Gasteiger partial charge on any atom is 0.416 e. The number of pyridine rings is 1. The van der Waals surface area contributed by atoms with Gasteiger partial charge >= 0.3 is 6.18 Å². The Morgan fingerprint density at radius 1 is 1.19 bits per heavy atom. The zero-order valence-corrected chi connectivity index (χ0v) is 19.7. The normalized spacial score (nSPS) is 29.9. The summed E-state index contributed by atoms with van der Waals surface area (Å²) >= 11 is 0. The molecule has 2 amide bonds. The molecule has 0 spiro atoms. The van der Waals surface area contributed by atoms with E-state index in [-0.39, 0.29) is 36.1 Å². The van der Waals surface area contributed by atoms with Crippen molar-refractivity contribution in [1.29, 1.82) is 0 Å². The van der Waals surface area contributed by atoms with Crippen LogP contribution in [0.2, 0.25) is 0 Å². The Kier molecular flexibility index (Phi) is 6.50. The van der Waals surface area contributed by atoms with E-state index in [9.17, 15) is 27.9 Å². The predicted molar refractivity (Wildman–Crippen MR) is 124 cm³/mol. The number of rotatable bonds is 6. The number of halogens is 3. The minimum atomic E-state index is -4.55. The zero-order valence-electron chi connectivity index (χ0n) is 19.7. The standard InChI is InChI=1S/C26H29F3N4O3/c27-26(28,29)18-5-1-4-16(10-18)24(35)31-15-23(34)32-22-7-3-9-33(22)21-12-20-11-17(21)13-25(20,36)19-6-2-8-30-14-19/h1-2,4-6,8,10,14,17,20-22,36H,3,7,9,11-13,15H2,(H,31,35)(H,32,34). The van der Waals surface area contributed by atoms with Gasteiger partial charge in [0.25, 0.3) is 5.91 Å². The second-order valence-corrected chi connectivity index (χ2v) is 10.1. The first kappa shape index (κ1) is 24.7. The molecule has 2 bridgehead atoms. The lowest BCUT2D eigenvalue weighted by Gasteiger charge is -2.41. The first-order valence-electron chi connectivity index (χ1n) is 12.3. The van der Waals surface area contributed by atoms with E-state index in [1.807, 2.05) is 12.1 Å². The Bertz CT molecular complexity index is 1130. The number of hydrogen-bond acceptors (Lipinski definition) is 5. The van der Waals surface area contributed by atoms with Crippen LogP contribution in [0.25, 0.3) is 0 Å². The molecular formula is C26H29F3N4O3. The van der Waals surface area contributed by atoms with Gasteiger partial charge in [-0.25, -0.2) is 0 Å². The minimum Gasteiger partial charge on any atom is -0.385 e. The fourth-order valence-electron chi connectivity index (χ4n) is 6.33. The molecule has 5 atom stereocenters. The molecule has 2 saturated carbocycles. The van der Waals surface area contributed by atoms with Crippen LogP contribution in [0.1, 0.15) is 53.6 Å². The molecule has 1 aromatic heterocycles. The molecule has 0 radical (unpaired) electrons. The van der Waals surface area contributed by atoms with Crippen molar-refractivity contribution in [3.8, 4) is 0 Å². The number of nitrogens with one attached hydrogen (secondary N) is 2. The maximum atomic E-state index is 12.9. The Labute approximate surface area is 207 Å². The van der Waals surface area contributed by atoms with Crippen molar-refractivity contribution in [3.05, 3.63) is 65.5 Å². The number of fused-ring (bicyclic) bond motifs is 2. The Balaban J connectivity index is 1.15. The van der Waals surface area contributed by atoms with Crippen molar-refractivity contribution in [2.45, 2.75) is 56.1 Å². The van der Waals surface area contributed by atoms with Crippen molar-refractivity contribution >= 4 is 11.8 Å². The van der Waals surface area contributed by atoms with Gasteiger partial charge in [0, 0.05) is 36.1 Å². The van der Waals surface area contributed by atoms with Crippen LogP contribution in [0.3, 0.4) is 0 Å². The SMILES string of the molecule is O=C(CNC(=O)c1cccc(C(F)(F)F)c1)NC1CCCN1C1CC2CC1CC2(O)c1cccnc1. The third-order valence-corrected chi connectivity index (χ3v) is 7.98. The summed E-state index contributed by atoms with van der Waals surface area (Å²) in [5.41, 5.74) is -1.06. The van der Waals surface area contributed by atoms with Crippen molar-refractivity contribution in [3.63, 3.8) is 0 Å². The number of aromatic nitrogens is 1. The summed E-state index contributed by atoms with van der Waals surface area (Å²) in [5.74, 6) is -0.664. The molecule has 1 aromatic carbocycles. The fourth-order valence-corrected chi connectivity index (χ4v) is 6.33. The van der Waals surface area contributed by atoms with Gasteiger partial charge in [0.2, 0.25) is 5.91 Å². The van der Waals surface area contributed by atoms with E-state index in [1.165, 1.54) is 12.1 Å². The van der Waals surface area contributed by atoms with E-state index in [0.717, 1.165) is 49.9 Å². The quantitative estimate of drug-likeness (QED) is 0.565. The number of amides is 2. The lowest BCUT2D eigenvalue weighted by Crippen LogP contribution is -2.53. The van der Waals surface area contributed by atoms with Crippen molar-refractivity contribution < 1.29 is 27.9 Å². The third-order valence-electron chi connectivity index (χ3n) is 7.98. The molecule has 3 N–H and O–H groups in total. The van der Waals surface area contributed by atoms with E-state index in [0.29, 0.717) is 12.3 Å². The molecule has 3 aliphatic rings. The summed E-state index contributed by atoms with van der Waals surface area (Å²) in [6, 6.07) is 8.14. The summed E-state index contributed by atoms with van der Waals surface area (Å²) in [6.45, 7) is 0.525. The van der Waals surface area contributed by atoms with E-state index in [2.05, 4.69) is 20.5 Å². The van der Waals surface area contributed by atoms with Gasteiger partial charge in [-0.15, -0.1) is 0 Å². The van der Waals surface area contributed by atoms with Crippen molar-refractivity contribution in [2.24, 2.45) is 11.8 Å². The minimum absolute atomic E-state index is 0.139. The van der Waals surface area contributed by atoms with Gasteiger partial charge in [0.1, 0.15) is 0 Å². The molecule has 5 unspecified atom stereocenters. The number of hydrogen-bond donors (Lipinski definition) is 3. The zero-order chi connectivity index (χ0) is 25.5. The van der Waals surface area contributed by atoms with E-state index in [1.54, 1.807) is 12.4 Å². The second kappa shape index (κ2) is 9.48. The smallest absolute Gasteiger partial charge is 0.385 e. The summed E-state index contributed by atoms with van der Waals surface area (Å²) in [5, 5.41) is 16.8. The fraction of sp³-hybridized carbons (Fsp3) is 0.500. The number of alkyl halides is 3. The monoisotopic (exact) mass is 502 g/mol. The first-order valence-corrected chi connectivity index (χ1v) is 12.3. The van der Waals surface area contributed by atoms with Gasteiger partial charge in [0.05, 0.1) is 23.9 Å². The highest BCUT2D eigenvalue weighted by Gasteiger charge is 2.57. The van der Waals surface area contributed by atoms with Gasteiger partial charge in [0.15, 0.2) is 0 Å². The highest BCUT2D eigenvalue weighted by Crippen LogP contribution is 2.57. The van der Waals surface area contributed by atoms with Gasteiger partial charge in [-0.05, 0) is 68.2 Å². The first-order chi connectivity index (χ1) is 17.1.